The van der Waals surface area contributed by atoms with Gasteiger partial charge in [-0.05, 0) is 32.6 Å². The Labute approximate surface area is 109 Å². The molecule has 0 aliphatic heterocycles. The summed E-state index contributed by atoms with van der Waals surface area (Å²) in [6.07, 6.45) is 7.93. The first-order chi connectivity index (χ1) is 8.76. The lowest BCUT2D eigenvalue weighted by Crippen LogP contribution is -2.32. The van der Waals surface area contributed by atoms with Crippen molar-refractivity contribution in [3.63, 3.8) is 0 Å². The third-order valence-corrected chi connectivity index (χ3v) is 3.78. The largest absolute Gasteiger partial charge is 0.394 e. The zero-order chi connectivity index (χ0) is 13.0. The van der Waals surface area contributed by atoms with E-state index in [4.69, 9.17) is 5.11 Å². The Bertz CT molecular complexity index is 375. The van der Waals surface area contributed by atoms with Crippen LogP contribution in [-0.4, -0.2) is 27.5 Å². The van der Waals surface area contributed by atoms with E-state index in [1.54, 1.807) is 0 Å². The molecule has 102 valence electrons. The molecule has 0 saturated carbocycles. The van der Waals surface area contributed by atoms with Crippen molar-refractivity contribution in [3.05, 3.63) is 17.5 Å². The number of fused-ring (bicyclic) bond motifs is 1. The standard InChI is InChI=1S/C14H25N3O/c1-3-5-11(2)16-13-6-4-7-14-12(13)10-15-17(14)8-9-18/h10-11,13,16,18H,3-9H2,1-2H3. The van der Waals surface area contributed by atoms with Crippen LogP contribution in [0.2, 0.25) is 0 Å². The lowest BCUT2D eigenvalue weighted by molar-refractivity contribution is 0.266. The molecule has 0 fully saturated rings. The summed E-state index contributed by atoms with van der Waals surface area (Å²) in [5, 5.41) is 17.2. The topological polar surface area (TPSA) is 50.1 Å². The number of rotatable bonds is 6. The molecule has 0 spiro atoms. The van der Waals surface area contributed by atoms with Crippen molar-refractivity contribution in [1.29, 1.82) is 0 Å². The van der Waals surface area contributed by atoms with E-state index >= 15 is 0 Å². The minimum Gasteiger partial charge on any atom is -0.394 e. The van der Waals surface area contributed by atoms with Crippen LogP contribution in [0, 0.1) is 0 Å². The van der Waals surface area contributed by atoms with E-state index in [1.807, 2.05) is 10.9 Å². The van der Waals surface area contributed by atoms with Crippen molar-refractivity contribution in [2.75, 3.05) is 6.61 Å². The summed E-state index contributed by atoms with van der Waals surface area (Å²) in [4.78, 5) is 0. The van der Waals surface area contributed by atoms with Gasteiger partial charge < -0.3 is 10.4 Å². The smallest absolute Gasteiger partial charge is 0.0644 e. The van der Waals surface area contributed by atoms with Crippen molar-refractivity contribution in [2.45, 2.75) is 64.6 Å². The molecular formula is C14H25N3O. The molecule has 1 aromatic rings. The van der Waals surface area contributed by atoms with Crippen LogP contribution in [-0.2, 0) is 13.0 Å². The van der Waals surface area contributed by atoms with Gasteiger partial charge in [-0.15, -0.1) is 0 Å². The fourth-order valence-electron chi connectivity index (χ4n) is 2.94. The van der Waals surface area contributed by atoms with Gasteiger partial charge in [-0.3, -0.25) is 4.68 Å². The highest BCUT2D eigenvalue weighted by molar-refractivity contribution is 5.25. The maximum absolute atomic E-state index is 9.04. The van der Waals surface area contributed by atoms with Crippen molar-refractivity contribution in [3.8, 4) is 0 Å². The zero-order valence-corrected chi connectivity index (χ0v) is 11.5. The molecule has 2 atom stereocenters. The van der Waals surface area contributed by atoms with E-state index in [0.29, 0.717) is 18.6 Å². The number of hydrogen-bond acceptors (Lipinski definition) is 3. The van der Waals surface area contributed by atoms with E-state index in [0.717, 1.165) is 6.42 Å². The average Bonchev–Trinajstić information content (AvgIpc) is 2.75. The average molecular weight is 251 g/mol. The van der Waals surface area contributed by atoms with E-state index in [-0.39, 0.29) is 6.61 Å². The van der Waals surface area contributed by atoms with E-state index < -0.39 is 0 Å². The molecule has 1 aliphatic rings. The van der Waals surface area contributed by atoms with Crippen molar-refractivity contribution in [2.24, 2.45) is 0 Å². The highest BCUT2D eigenvalue weighted by Gasteiger charge is 2.24. The SMILES string of the molecule is CCCC(C)NC1CCCc2c1cnn2CCO. The highest BCUT2D eigenvalue weighted by Crippen LogP contribution is 2.30. The van der Waals surface area contributed by atoms with Gasteiger partial charge in [-0.1, -0.05) is 13.3 Å². The summed E-state index contributed by atoms with van der Waals surface area (Å²) in [5.41, 5.74) is 2.66. The number of nitrogens with zero attached hydrogens (tertiary/aromatic N) is 2. The van der Waals surface area contributed by atoms with Gasteiger partial charge in [-0.2, -0.15) is 5.10 Å². The Kier molecular flexibility index (Phi) is 4.78. The van der Waals surface area contributed by atoms with Crippen molar-refractivity contribution < 1.29 is 5.11 Å². The lowest BCUT2D eigenvalue weighted by Gasteiger charge is -2.27. The molecule has 18 heavy (non-hydrogen) atoms. The van der Waals surface area contributed by atoms with Gasteiger partial charge >= 0.3 is 0 Å². The molecule has 1 aromatic heterocycles. The van der Waals surface area contributed by atoms with Crippen LogP contribution in [0.25, 0.3) is 0 Å². The maximum Gasteiger partial charge on any atom is 0.0644 e. The Hall–Kier alpha value is -0.870. The van der Waals surface area contributed by atoms with Crippen LogP contribution in [0.15, 0.2) is 6.20 Å². The van der Waals surface area contributed by atoms with Gasteiger partial charge in [0.1, 0.15) is 0 Å². The maximum atomic E-state index is 9.04. The van der Waals surface area contributed by atoms with Gasteiger partial charge in [0, 0.05) is 23.3 Å². The van der Waals surface area contributed by atoms with Crippen LogP contribution < -0.4 is 5.32 Å². The number of aromatic nitrogens is 2. The Morgan fingerprint density at radius 3 is 3.17 bits per heavy atom. The molecular weight excluding hydrogens is 226 g/mol. The summed E-state index contributed by atoms with van der Waals surface area (Å²) >= 11 is 0. The molecule has 2 N–H and O–H groups in total. The molecule has 1 heterocycles. The lowest BCUT2D eigenvalue weighted by atomic mass is 9.92. The third kappa shape index (κ3) is 2.93. The summed E-state index contributed by atoms with van der Waals surface area (Å²) in [6, 6.07) is 1.01. The summed E-state index contributed by atoms with van der Waals surface area (Å²) < 4.78 is 1.97. The number of hydrogen-bond donors (Lipinski definition) is 2. The molecule has 4 nitrogen and oxygen atoms in total. The first-order valence-corrected chi connectivity index (χ1v) is 7.17. The third-order valence-electron chi connectivity index (χ3n) is 3.78. The molecule has 0 aromatic carbocycles. The van der Waals surface area contributed by atoms with Crippen LogP contribution in [0.5, 0.6) is 0 Å². The van der Waals surface area contributed by atoms with Gasteiger partial charge in [0.15, 0.2) is 0 Å². The number of nitrogens with one attached hydrogen (secondary N) is 1. The number of aliphatic hydroxyl groups excluding tert-OH is 1. The molecule has 0 saturated heterocycles. The van der Waals surface area contributed by atoms with Gasteiger partial charge in [0.05, 0.1) is 19.3 Å². The second kappa shape index (κ2) is 6.34. The minimum absolute atomic E-state index is 0.165. The van der Waals surface area contributed by atoms with Crippen LogP contribution >= 0.6 is 0 Å². The minimum atomic E-state index is 0.165. The second-order valence-corrected chi connectivity index (χ2v) is 5.29. The molecule has 0 amide bonds. The molecule has 1 aliphatic carbocycles. The normalized spacial score (nSPS) is 20.7. The quantitative estimate of drug-likeness (QED) is 0.813. The van der Waals surface area contributed by atoms with Gasteiger partial charge in [0.2, 0.25) is 0 Å². The summed E-state index contributed by atoms with van der Waals surface area (Å²) in [5.74, 6) is 0. The van der Waals surface area contributed by atoms with E-state index in [9.17, 15) is 0 Å². The van der Waals surface area contributed by atoms with Gasteiger partial charge in [-0.25, -0.2) is 0 Å². The van der Waals surface area contributed by atoms with Crippen molar-refractivity contribution in [1.82, 2.24) is 15.1 Å². The predicted octanol–water partition coefficient (Wildman–Crippen LogP) is 2.03. The van der Waals surface area contributed by atoms with Crippen molar-refractivity contribution >= 4 is 0 Å². The first-order valence-electron chi connectivity index (χ1n) is 7.17. The molecule has 2 unspecified atom stereocenters. The fraction of sp³-hybridized carbons (Fsp3) is 0.786. The Balaban J connectivity index is 2.08. The van der Waals surface area contributed by atoms with Crippen LogP contribution in [0.3, 0.4) is 0 Å². The second-order valence-electron chi connectivity index (χ2n) is 5.29. The monoisotopic (exact) mass is 251 g/mol. The molecule has 2 rings (SSSR count). The summed E-state index contributed by atoms with van der Waals surface area (Å²) in [7, 11) is 0. The van der Waals surface area contributed by atoms with E-state index in [1.165, 1.54) is 36.9 Å². The van der Waals surface area contributed by atoms with Crippen LogP contribution in [0.1, 0.15) is 56.8 Å². The number of aliphatic hydroxyl groups is 1. The first kappa shape index (κ1) is 13.6. The summed E-state index contributed by atoms with van der Waals surface area (Å²) in [6.45, 7) is 5.27. The molecule has 0 radical (unpaired) electrons. The van der Waals surface area contributed by atoms with Crippen LogP contribution in [0.4, 0.5) is 0 Å². The Morgan fingerprint density at radius 1 is 1.61 bits per heavy atom. The van der Waals surface area contributed by atoms with Gasteiger partial charge in [0.25, 0.3) is 0 Å². The predicted molar refractivity (Wildman–Crippen MR) is 72.5 cm³/mol. The fourth-order valence-corrected chi connectivity index (χ4v) is 2.94. The molecule has 0 bridgehead atoms. The Morgan fingerprint density at radius 2 is 2.44 bits per heavy atom. The van der Waals surface area contributed by atoms with E-state index in [2.05, 4.69) is 24.3 Å². The molecule has 4 heteroatoms. The zero-order valence-electron chi connectivity index (χ0n) is 11.5. The highest BCUT2D eigenvalue weighted by atomic mass is 16.3.